The number of carbonyl (C=O) groups is 1. The van der Waals surface area contributed by atoms with Gasteiger partial charge in [-0.25, -0.2) is 4.39 Å². The molecule has 1 fully saturated rings. The summed E-state index contributed by atoms with van der Waals surface area (Å²) in [7, 11) is 0. The highest BCUT2D eigenvalue weighted by Crippen LogP contribution is 2.27. The number of nitrogens with zero attached hydrogens (tertiary/aromatic N) is 2. The van der Waals surface area contributed by atoms with Gasteiger partial charge >= 0.3 is 0 Å². The van der Waals surface area contributed by atoms with Gasteiger partial charge in [0.15, 0.2) is 0 Å². The number of rotatable bonds is 5. The van der Waals surface area contributed by atoms with Gasteiger partial charge in [0.1, 0.15) is 5.82 Å². The zero-order valence-corrected chi connectivity index (χ0v) is 18.4. The first kappa shape index (κ1) is 21.5. The van der Waals surface area contributed by atoms with Crippen LogP contribution < -0.4 is 4.90 Å². The number of aryl methyl sites for hydroxylation is 1. The fraction of sp³-hybridized carbons (Fsp3) is 0.269. The highest BCUT2D eigenvalue weighted by molar-refractivity contribution is 6.31. The van der Waals surface area contributed by atoms with Crippen LogP contribution in [0.2, 0.25) is 5.02 Å². The van der Waals surface area contributed by atoms with Crippen LogP contribution in [0.15, 0.2) is 72.8 Å². The van der Waals surface area contributed by atoms with E-state index in [1.54, 1.807) is 24.3 Å². The summed E-state index contributed by atoms with van der Waals surface area (Å²) < 4.78 is 13.5. The molecule has 0 spiro atoms. The number of hydrogen-bond donors (Lipinski definition) is 0. The summed E-state index contributed by atoms with van der Waals surface area (Å²) in [6.45, 7) is 4.47. The molecule has 31 heavy (non-hydrogen) atoms. The first-order valence-electron chi connectivity index (χ1n) is 10.6. The molecule has 1 saturated heterocycles. The predicted octanol–water partition coefficient (Wildman–Crippen LogP) is 6.10. The van der Waals surface area contributed by atoms with Gasteiger partial charge in [-0.2, -0.15) is 0 Å². The molecule has 1 aliphatic rings. The Morgan fingerprint density at radius 2 is 1.74 bits per heavy atom. The van der Waals surface area contributed by atoms with Crippen molar-refractivity contribution in [2.45, 2.75) is 32.4 Å². The molecule has 3 aromatic rings. The molecule has 0 aliphatic carbocycles. The van der Waals surface area contributed by atoms with Gasteiger partial charge < -0.3 is 4.90 Å². The molecule has 0 bridgehead atoms. The number of likely N-dealkylation sites (tertiary alicyclic amines) is 1. The van der Waals surface area contributed by atoms with E-state index in [1.807, 2.05) is 54.3 Å². The maximum Gasteiger partial charge on any atom is 0.258 e. The second-order valence-corrected chi connectivity index (χ2v) is 8.59. The summed E-state index contributed by atoms with van der Waals surface area (Å²) in [6.07, 6.45) is 1.71. The molecule has 3 nitrogen and oxygen atoms in total. The molecular weight excluding hydrogens is 411 g/mol. The van der Waals surface area contributed by atoms with Crippen molar-refractivity contribution in [2.24, 2.45) is 0 Å². The van der Waals surface area contributed by atoms with E-state index >= 15 is 0 Å². The number of hydrogen-bond acceptors (Lipinski definition) is 2. The number of anilines is 1. The Hall–Kier alpha value is -2.69. The Balaban J connectivity index is 1.52. The molecule has 0 aromatic heterocycles. The molecule has 0 unspecified atom stereocenters. The normalized spacial score (nSPS) is 15.1. The molecule has 160 valence electrons. The van der Waals surface area contributed by atoms with Crippen molar-refractivity contribution in [3.63, 3.8) is 0 Å². The highest BCUT2D eigenvalue weighted by Gasteiger charge is 2.30. The maximum atomic E-state index is 13.5. The number of halogens is 2. The van der Waals surface area contributed by atoms with Crippen LogP contribution in [-0.4, -0.2) is 29.9 Å². The fourth-order valence-electron chi connectivity index (χ4n) is 4.19. The van der Waals surface area contributed by atoms with E-state index in [4.69, 9.17) is 11.6 Å². The van der Waals surface area contributed by atoms with Gasteiger partial charge in [-0.15, -0.1) is 0 Å². The van der Waals surface area contributed by atoms with Gasteiger partial charge in [-0.1, -0.05) is 47.5 Å². The molecule has 1 aliphatic heterocycles. The Bertz CT molecular complexity index is 1050. The lowest BCUT2D eigenvalue weighted by molar-refractivity contribution is 0.0958. The maximum absolute atomic E-state index is 13.5. The Morgan fingerprint density at radius 3 is 2.42 bits per heavy atom. The lowest BCUT2D eigenvalue weighted by Crippen LogP contribution is -2.47. The molecule has 0 N–H and O–H groups in total. The van der Waals surface area contributed by atoms with Gasteiger partial charge in [0.05, 0.1) is 0 Å². The van der Waals surface area contributed by atoms with Crippen molar-refractivity contribution in [1.29, 1.82) is 0 Å². The standard InChI is InChI=1S/C26H26ClFN2O/c1-19-8-10-24(11-9-19)30(26(31)21-5-3-6-22(27)17-21)25-12-14-29(15-13-25)18-20-4-2-7-23(28)16-20/h2-11,16-17,25H,12-15,18H2,1H3. The summed E-state index contributed by atoms with van der Waals surface area (Å²) in [4.78, 5) is 17.7. The van der Waals surface area contributed by atoms with E-state index in [-0.39, 0.29) is 17.8 Å². The van der Waals surface area contributed by atoms with Crippen LogP contribution in [0.4, 0.5) is 10.1 Å². The van der Waals surface area contributed by atoms with E-state index in [0.717, 1.165) is 49.3 Å². The van der Waals surface area contributed by atoms with E-state index < -0.39 is 0 Å². The van der Waals surface area contributed by atoms with Crippen LogP contribution in [0.1, 0.15) is 34.3 Å². The minimum Gasteiger partial charge on any atom is -0.305 e. The first-order valence-corrected chi connectivity index (χ1v) is 11.0. The number of amides is 1. The summed E-state index contributed by atoms with van der Waals surface area (Å²) in [5.74, 6) is -0.236. The molecule has 3 aromatic carbocycles. The number of carbonyl (C=O) groups excluding carboxylic acids is 1. The number of benzene rings is 3. The fourth-order valence-corrected chi connectivity index (χ4v) is 4.38. The van der Waals surface area contributed by atoms with Gasteiger partial charge in [0.2, 0.25) is 0 Å². The molecule has 0 atom stereocenters. The van der Waals surface area contributed by atoms with Gasteiger partial charge in [-0.3, -0.25) is 9.69 Å². The zero-order valence-electron chi connectivity index (χ0n) is 17.6. The van der Waals surface area contributed by atoms with Crippen LogP contribution in [0, 0.1) is 12.7 Å². The summed E-state index contributed by atoms with van der Waals surface area (Å²) in [5, 5.41) is 0.555. The number of piperidine rings is 1. The summed E-state index contributed by atoms with van der Waals surface area (Å²) in [6, 6.07) is 22.1. The zero-order chi connectivity index (χ0) is 21.8. The first-order chi connectivity index (χ1) is 15.0. The van der Waals surface area contributed by atoms with Gasteiger partial charge in [0, 0.05) is 41.9 Å². The molecule has 0 saturated carbocycles. The van der Waals surface area contributed by atoms with E-state index in [0.29, 0.717) is 10.6 Å². The van der Waals surface area contributed by atoms with Crippen LogP contribution in [0.25, 0.3) is 0 Å². The molecular formula is C26H26ClFN2O. The second kappa shape index (κ2) is 9.63. The van der Waals surface area contributed by atoms with Crippen LogP contribution in [0.3, 0.4) is 0 Å². The second-order valence-electron chi connectivity index (χ2n) is 8.16. The topological polar surface area (TPSA) is 23.6 Å². The third-order valence-electron chi connectivity index (χ3n) is 5.82. The summed E-state index contributed by atoms with van der Waals surface area (Å²) >= 11 is 6.15. The molecule has 1 heterocycles. The average molecular weight is 437 g/mol. The van der Waals surface area contributed by atoms with E-state index in [9.17, 15) is 9.18 Å². The van der Waals surface area contributed by atoms with E-state index in [2.05, 4.69) is 4.90 Å². The van der Waals surface area contributed by atoms with Crippen molar-refractivity contribution in [2.75, 3.05) is 18.0 Å². The van der Waals surface area contributed by atoms with E-state index in [1.165, 1.54) is 6.07 Å². The minimum absolute atomic E-state index is 0.0325. The quantitative estimate of drug-likeness (QED) is 0.482. The molecule has 1 amide bonds. The Morgan fingerprint density at radius 1 is 1.03 bits per heavy atom. The molecule has 4 rings (SSSR count). The Labute approximate surface area is 188 Å². The lowest BCUT2D eigenvalue weighted by atomic mass is 10.00. The monoisotopic (exact) mass is 436 g/mol. The molecule has 0 radical (unpaired) electrons. The van der Waals surface area contributed by atoms with Gasteiger partial charge in [-0.05, 0) is 67.8 Å². The summed E-state index contributed by atoms with van der Waals surface area (Å²) in [5.41, 5.74) is 3.63. The van der Waals surface area contributed by atoms with Gasteiger partial charge in [0.25, 0.3) is 5.91 Å². The minimum atomic E-state index is -0.204. The molecule has 5 heteroatoms. The van der Waals surface area contributed by atoms with Crippen LogP contribution in [-0.2, 0) is 6.54 Å². The largest absolute Gasteiger partial charge is 0.305 e. The third-order valence-corrected chi connectivity index (χ3v) is 6.06. The van der Waals surface area contributed by atoms with Crippen LogP contribution in [0.5, 0.6) is 0 Å². The third kappa shape index (κ3) is 5.33. The van der Waals surface area contributed by atoms with Crippen molar-refractivity contribution < 1.29 is 9.18 Å². The highest BCUT2D eigenvalue weighted by atomic mass is 35.5. The smallest absolute Gasteiger partial charge is 0.258 e. The van der Waals surface area contributed by atoms with Crippen molar-refractivity contribution >= 4 is 23.2 Å². The lowest BCUT2D eigenvalue weighted by Gasteiger charge is -2.38. The van der Waals surface area contributed by atoms with Crippen molar-refractivity contribution in [3.05, 3.63) is 100 Å². The van der Waals surface area contributed by atoms with Crippen LogP contribution >= 0.6 is 11.6 Å². The van der Waals surface area contributed by atoms with Crippen molar-refractivity contribution in [1.82, 2.24) is 4.90 Å². The average Bonchev–Trinajstić information content (AvgIpc) is 2.76. The Kier molecular flexibility index (Phi) is 6.69. The SMILES string of the molecule is Cc1ccc(N(C(=O)c2cccc(Cl)c2)C2CCN(Cc3cccc(F)c3)CC2)cc1. The van der Waals surface area contributed by atoms with Crippen molar-refractivity contribution in [3.8, 4) is 0 Å². The predicted molar refractivity (Wildman–Crippen MR) is 124 cm³/mol.